The standard InChI is InChI=1S/C18H19N5O2/c1-25-18-16(20-8-9-21-18)23-10-6-12(11-23)22-17(24)14-3-2-4-15-13(14)5-7-19-15/h2-5,7-9,12,19H,6,10-11H2,1H3,(H,22,24)/t12-/m0/s1. The first-order chi connectivity index (χ1) is 12.3. The molecule has 1 atom stereocenters. The number of H-pyrrole nitrogens is 1. The Kier molecular flexibility index (Phi) is 3.97. The molecule has 3 heterocycles. The van der Waals surface area contributed by atoms with Crippen molar-refractivity contribution in [2.45, 2.75) is 12.5 Å². The predicted octanol–water partition coefficient (Wildman–Crippen LogP) is 1.98. The number of methoxy groups -OCH3 is 1. The number of fused-ring (bicyclic) bond motifs is 1. The van der Waals surface area contributed by atoms with Crippen molar-refractivity contribution >= 4 is 22.6 Å². The van der Waals surface area contributed by atoms with Gasteiger partial charge in [0.05, 0.1) is 7.11 Å². The second kappa shape index (κ2) is 6.43. The van der Waals surface area contributed by atoms with Gasteiger partial charge in [0, 0.05) is 54.2 Å². The number of carbonyl (C=O) groups excluding carboxylic acids is 1. The number of rotatable bonds is 4. The van der Waals surface area contributed by atoms with Gasteiger partial charge in [0.1, 0.15) is 0 Å². The molecule has 128 valence electrons. The molecule has 0 bridgehead atoms. The van der Waals surface area contributed by atoms with Gasteiger partial charge in [0.15, 0.2) is 5.82 Å². The maximum Gasteiger partial charge on any atom is 0.257 e. The fourth-order valence-electron chi connectivity index (χ4n) is 3.30. The van der Waals surface area contributed by atoms with E-state index in [-0.39, 0.29) is 11.9 Å². The molecule has 2 N–H and O–H groups in total. The van der Waals surface area contributed by atoms with Crippen molar-refractivity contribution in [1.29, 1.82) is 0 Å². The molecule has 0 radical (unpaired) electrons. The summed E-state index contributed by atoms with van der Waals surface area (Å²) in [6.45, 7) is 1.48. The van der Waals surface area contributed by atoms with E-state index in [4.69, 9.17) is 4.74 Å². The number of nitrogens with zero attached hydrogens (tertiary/aromatic N) is 3. The smallest absolute Gasteiger partial charge is 0.257 e. The zero-order valence-electron chi connectivity index (χ0n) is 13.9. The Bertz CT molecular complexity index is 907. The molecule has 4 rings (SSSR count). The van der Waals surface area contributed by atoms with Gasteiger partial charge < -0.3 is 19.9 Å². The van der Waals surface area contributed by atoms with Crippen LogP contribution in [0.3, 0.4) is 0 Å². The molecule has 0 aliphatic carbocycles. The number of aromatic nitrogens is 3. The highest BCUT2D eigenvalue weighted by atomic mass is 16.5. The van der Waals surface area contributed by atoms with Crippen LogP contribution in [0.15, 0.2) is 42.9 Å². The third kappa shape index (κ3) is 2.88. The van der Waals surface area contributed by atoms with E-state index >= 15 is 0 Å². The van der Waals surface area contributed by atoms with E-state index in [1.165, 1.54) is 0 Å². The van der Waals surface area contributed by atoms with Gasteiger partial charge in [-0.3, -0.25) is 4.79 Å². The van der Waals surface area contributed by atoms with Crippen LogP contribution in [-0.2, 0) is 0 Å². The van der Waals surface area contributed by atoms with Crippen LogP contribution in [0, 0.1) is 0 Å². The van der Waals surface area contributed by atoms with Crippen molar-refractivity contribution in [1.82, 2.24) is 20.3 Å². The third-order valence-corrected chi connectivity index (χ3v) is 4.50. The highest BCUT2D eigenvalue weighted by molar-refractivity contribution is 6.06. The van der Waals surface area contributed by atoms with Gasteiger partial charge in [-0.1, -0.05) is 6.07 Å². The first kappa shape index (κ1) is 15.4. The molecule has 1 amide bonds. The molecule has 2 aromatic heterocycles. The molecule has 0 spiro atoms. The summed E-state index contributed by atoms with van der Waals surface area (Å²) in [5, 5.41) is 4.07. The number of hydrogen-bond acceptors (Lipinski definition) is 5. The lowest BCUT2D eigenvalue weighted by Crippen LogP contribution is -2.37. The summed E-state index contributed by atoms with van der Waals surface area (Å²) in [7, 11) is 1.58. The summed E-state index contributed by atoms with van der Waals surface area (Å²) >= 11 is 0. The molecule has 1 saturated heterocycles. The minimum absolute atomic E-state index is 0.0526. The number of hydrogen-bond donors (Lipinski definition) is 2. The second-order valence-electron chi connectivity index (χ2n) is 6.04. The highest BCUT2D eigenvalue weighted by Gasteiger charge is 2.27. The van der Waals surface area contributed by atoms with E-state index in [0.717, 1.165) is 29.7 Å². The molecule has 1 aromatic carbocycles. The van der Waals surface area contributed by atoms with Gasteiger partial charge in [-0.15, -0.1) is 0 Å². The fraction of sp³-hybridized carbons (Fsp3) is 0.278. The third-order valence-electron chi connectivity index (χ3n) is 4.50. The average Bonchev–Trinajstić information content (AvgIpc) is 3.30. The first-order valence-corrected chi connectivity index (χ1v) is 8.23. The molecule has 3 aromatic rings. The van der Waals surface area contributed by atoms with Gasteiger partial charge in [0.2, 0.25) is 0 Å². The molecule has 0 unspecified atom stereocenters. The minimum Gasteiger partial charge on any atom is -0.478 e. The Hall–Kier alpha value is -3.09. The maximum atomic E-state index is 12.7. The molecular weight excluding hydrogens is 318 g/mol. The van der Waals surface area contributed by atoms with Gasteiger partial charge >= 0.3 is 0 Å². The van der Waals surface area contributed by atoms with Crippen molar-refractivity contribution in [2.75, 3.05) is 25.1 Å². The summed E-state index contributed by atoms with van der Waals surface area (Å²) in [6, 6.07) is 7.69. The van der Waals surface area contributed by atoms with E-state index < -0.39 is 0 Å². The Morgan fingerprint density at radius 3 is 3.08 bits per heavy atom. The Morgan fingerprint density at radius 1 is 1.32 bits per heavy atom. The zero-order valence-corrected chi connectivity index (χ0v) is 13.9. The van der Waals surface area contributed by atoms with Crippen LogP contribution in [0.25, 0.3) is 10.9 Å². The number of carbonyl (C=O) groups is 1. The molecule has 7 heteroatoms. The number of ether oxygens (including phenoxy) is 1. The van der Waals surface area contributed by atoms with E-state index in [0.29, 0.717) is 18.0 Å². The highest BCUT2D eigenvalue weighted by Crippen LogP contribution is 2.26. The lowest BCUT2D eigenvalue weighted by Gasteiger charge is -2.19. The number of benzene rings is 1. The summed E-state index contributed by atoms with van der Waals surface area (Å²) in [5.41, 5.74) is 1.65. The van der Waals surface area contributed by atoms with Crippen molar-refractivity contribution in [3.63, 3.8) is 0 Å². The summed E-state index contributed by atoms with van der Waals surface area (Å²) < 4.78 is 5.28. The van der Waals surface area contributed by atoms with Crippen molar-refractivity contribution in [3.05, 3.63) is 48.4 Å². The van der Waals surface area contributed by atoms with Crippen LogP contribution in [0.2, 0.25) is 0 Å². The summed E-state index contributed by atoms with van der Waals surface area (Å²) in [4.78, 5) is 26.5. The summed E-state index contributed by atoms with van der Waals surface area (Å²) in [6.07, 6.45) is 5.96. The monoisotopic (exact) mass is 337 g/mol. The van der Waals surface area contributed by atoms with Crippen LogP contribution in [0.5, 0.6) is 5.88 Å². The topological polar surface area (TPSA) is 83.1 Å². The van der Waals surface area contributed by atoms with E-state index in [1.54, 1.807) is 19.5 Å². The normalized spacial score (nSPS) is 17.0. The molecule has 25 heavy (non-hydrogen) atoms. The quantitative estimate of drug-likeness (QED) is 0.760. The minimum atomic E-state index is -0.0526. The number of anilines is 1. The molecule has 0 saturated carbocycles. The Morgan fingerprint density at radius 2 is 2.20 bits per heavy atom. The predicted molar refractivity (Wildman–Crippen MR) is 95.0 cm³/mol. The van der Waals surface area contributed by atoms with E-state index in [1.807, 2.05) is 30.5 Å². The van der Waals surface area contributed by atoms with Crippen molar-refractivity contribution < 1.29 is 9.53 Å². The van der Waals surface area contributed by atoms with E-state index in [2.05, 4.69) is 25.2 Å². The number of amides is 1. The SMILES string of the molecule is COc1nccnc1N1CC[C@H](NC(=O)c2cccc3[nH]ccc23)C1. The Balaban J connectivity index is 1.48. The molecular formula is C18H19N5O2. The van der Waals surface area contributed by atoms with Gasteiger partial charge in [-0.25, -0.2) is 9.97 Å². The molecule has 1 aliphatic rings. The largest absolute Gasteiger partial charge is 0.478 e. The molecule has 7 nitrogen and oxygen atoms in total. The van der Waals surface area contributed by atoms with Crippen LogP contribution in [-0.4, -0.2) is 47.1 Å². The lowest BCUT2D eigenvalue weighted by molar-refractivity contribution is 0.0942. The second-order valence-corrected chi connectivity index (χ2v) is 6.04. The molecule has 1 aliphatic heterocycles. The van der Waals surface area contributed by atoms with Crippen molar-refractivity contribution in [2.24, 2.45) is 0 Å². The Labute approximate surface area is 145 Å². The zero-order chi connectivity index (χ0) is 17.2. The van der Waals surface area contributed by atoms with Crippen LogP contribution >= 0.6 is 0 Å². The van der Waals surface area contributed by atoms with Gasteiger partial charge in [0.25, 0.3) is 11.8 Å². The molecule has 1 fully saturated rings. The lowest BCUT2D eigenvalue weighted by atomic mass is 10.1. The van der Waals surface area contributed by atoms with Crippen LogP contribution in [0.4, 0.5) is 5.82 Å². The maximum absolute atomic E-state index is 12.7. The van der Waals surface area contributed by atoms with Gasteiger partial charge in [-0.2, -0.15) is 0 Å². The van der Waals surface area contributed by atoms with Crippen molar-refractivity contribution in [3.8, 4) is 5.88 Å². The van der Waals surface area contributed by atoms with E-state index in [9.17, 15) is 4.79 Å². The first-order valence-electron chi connectivity index (χ1n) is 8.23. The fourth-order valence-corrected chi connectivity index (χ4v) is 3.30. The average molecular weight is 337 g/mol. The van der Waals surface area contributed by atoms with Crippen LogP contribution in [0.1, 0.15) is 16.8 Å². The number of nitrogens with one attached hydrogen (secondary N) is 2. The van der Waals surface area contributed by atoms with Crippen LogP contribution < -0.4 is 15.0 Å². The number of aromatic amines is 1. The summed E-state index contributed by atoms with van der Waals surface area (Å²) in [5.74, 6) is 1.17. The van der Waals surface area contributed by atoms with Gasteiger partial charge in [-0.05, 0) is 24.6 Å².